The van der Waals surface area contributed by atoms with Crippen LogP contribution in [0.25, 0.3) is 0 Å². The van der Waals surface area contributed by atoms with Crippen molar-refractivity contribution in [2.24, 2.45) is 0 Å². The first-order valence-electron chi connectivity index (χ1n) is 3.56. The van der Waals surface area contributed by atoms with Crippen LogP contribution >= 0.6 is 0 Å². The van der Waals surface area contributed by atoms with Crippen LogP contribution in [0.2, 0.25) is 0 Å². The summed E-state index contributed by atoms with van der Waals surface area (Å²) in [7, 11) is 3.35. The van der Waals surface area contributed by atoms with Gasteiger partial charge in [-0.3, -0.25) is 10.1 Å². The number of carboxylic acids is 1. The van der Waals surface area contributed by atoms with Crippen molar-refractivity contribution >= 4 is 5.97 Å². The molecule has 0 unspecified atom stereocenters. The second-order valence-electron chi connectivity index (χ2n) is 2.39. The van der Waals surface area contributed by atoms with Gasteiger partial charge in [0.1, 0.15) is 6.04 Å². The Hall–Kier alpha value is -1.35. The summed E-state index contributed by atoms with van der Waals surface area (Å²) in [5.41, 5.74) is 0.708. The van der Waals surface area contributed by atoms with Crippen LogP contribution in [0.4, 0.5) is 0 Å². The Morgan fingerprint density at radius 1 is 1.42 bits per heavy atom. The summed E-state index contributed by atoms with van der Waals surface area (Å²) in [5.74, 6) is -0.920. The summed E-state index contributed by atoms with van der Waals surface area (Å²) in [6, 6.07) is 8.20. The summed E-state index contributed by atoms with van der Waals surface area (Å²) in [4.78, 5) is 10.6. The van der Waals surface area contributed by atoms with Gasteiger partial charge in [-0.05, 0) is 5.56 Å². The zero-order valence-electron chi connectivity index (χ0n) is 6.53. The van der Waals surface area contributed by atoms with Gasteiger partial charge in [0.15, 0.2) is 0 Å². The lowest BCUT2D eigenvalue weighted by Crippen LogP contribution is -2.23. The lowest BCUT2D eigenvalue weighted by molar-refractivity contribution is -0.139. The van der Waals surface area contributed by atoms with E-state index in [1.807, 2.05) is 6.07 Å². The van der Waals surface area contributed by atoms with Crippen LogP contribution in [-0.2, 0) is 4.79 Å². The molecule has 3 heteroatoms. The van der Waals surface area contributed by atoms with Crippen LogP contribution in [0.15, 0.2) is 30.3 Å². The highest BCUT2D eigenvalue weighted by Gasteiger charge is 2.15. The van der Waals surface area contributed by atoms with Crippen LogP contribution in [0, 0.1) is 7.05 Å². The average Bonchev–Trinajstić information content (AvgIpc) is 2.07. The SMILES string of the molecule is [CH2]N[C@H](C(=O)O)c1ccccc1. The van der Waals surface area contributed by atoms with Gasteiger partial charge in [0, 0.05) is 7.05 Å². The Bertz CT molecular complexity index is 258. The molecule has 1 rings (SSSR count). The van der Waals surface area contributed by atoms with Crippen molar-refractivity contribution in [3.8, 4) is 0 Å². The first-order valence-corrected chi connectivity index (χ1v) is 3.56. The van der Waals surface area contributed by atoms with Gasteiger partial charge in [-0.15, -0.1) is 0 Å². The van der Waals surface area contributed by atoms with Crippen LogP contribution < -0.4 is 5.32 Å². The zero-order valence-corrected chi connectivity index (χ0v) is 6.53. The van der Waals surface area contributed by atoms with E-state index in [1.165, 1.54) is 0 Å². The molecule has 0 aliphatic rings. The molecule has 0 aliphatic carbocycles. The lowest BCUT2D eigenvalue weighted by atomic mass is 10.1. The van der Waals surface area contributed by atoms with E-state index in [-0.39, 0.29) is 0 Å². The highest BCUT2D eigenvalue weighted by Crippen LogP contribution is 2.11. The first kappa shape index (κ1) is 8.74. The molecule has 0 spiro atoms. The minimum atomic E-state index is -0.920. The van der Waals surface area contributed by atoms with Gasteiger partial charge >= 0.3 is 5.97 Å². The standard InChI is InChI=1S/C9H10NO2/c1-10-8(9(11)12)7-5-3-2-4-6-7/h2-6,8,10H,1H2,(H,11,12)/t8-/m0/s1. The molecular weight excluding hydrogens is 154 g/mol. The van der Waals surface area contributed by atoms with Gasteiger partial charge in [-0.1, -0.05) is 30.3 Å². The van der Waals surface area contributed by atoms with Crippen LogP contribution in [-0.4, -0.2) is 11.1 Å². The molecule has 0 amide bonds. The highest BCUT2D eigenvalue weighted by molar-refractivity contribution is 5.75. The molecule has 12 heavy (non-hydrogen) atoms. The number of aliphatic carboxylic acids is 1. The monoisotopic (exact) mass is 164 g/mol. The number of hydrogen-bond donors (Lipinski definition) is 2. The molecule has 2 N–H and O–H groups in total. The largest absolute Gasteiger partial charge is 0.480 e. The summed E-state index contributed by atoms with van der Waals surface area (Å²) in [6.07, 6.45) is 0. The second kappa shape index (κ2) is 3.88. The molecule has 1 aromatic carbocycles. The van der Waals surface area contributed by atoms with Gasteiger partial charge in [-0.25, -0.2) is 0 Å². The number of rotatable bonds is 3. The first-order chi connectivity index (χ1) is 5.75. The van der Waals surface area contributed by atoms with Gasteiger partial charge in [0.05, 0.1) is 0 Å². The fourth-order valence-corrected chi connectivity index (χ4v) is 0.993. The van der Waals surface area contributed by atoms with Crippen molar-refractivity contribution in [3.05, 3.63) is 42.9 Å². The Morgan fingerprint density at radius 2 is 2.00 bits per heavy atom. The van der Waals surface area contributed by atoms with Gasteiger partial charge in [-0.2, -0.15) is 0 Å². The van der Waals surface area contributed by atoms with Gasteiger partial charge in [0.25, 0.3) is 0 Å². The molecule has 1 atom stereocenters. The van der Waals surface area contributed by atoms with E-state index in [4.69, 9.17) is 5.11 Å². The quantitative estimate of drug-likeness (QED) is 0.705. The topological polar surface area (TPSA) is 49.3 Å². The molecule has 0 aromatic heterocycles. The minimum Gasteiger partial charge on any atom is -0.480 e. The minimum absolute atomic E-state index is 0.708. The van der Waals surface area contributed by atoms with E-state index in [9.17, 15) is 4.79 Å². The molecule has 0 fully saturated rings. The molecule has 0 bridgehead atoms. The second-order valence-corrected chi connectivity index (χ2v) is 2.39. The maximum absolute atomic E-state index is 10.6. The van der Waals surface area contributed by atoms with Gasteiger partial charge < -0.3 is 5.11 Å². The fourth-order valence-electron chi connectivity index (χ4n) is 0.993. The van der Waals surface area contributed by atoms with E-state index < -0.39 is 12.0 Å². The molecule has 63 valence electrons. The molecule has 1 aromatic rings. The Kier molecular flexibility index (Phi) is 2.82. The molecule has 0 saturated carbocycles. The van der Waals surface area contributed by atoms with E-state index in [0.717, 1.165) is 0 Å². The maximum Gasteiger partial charge on any atom is 0.325 e. The van der Waals surface area contributed by atoms with Crippen LogP contribution in [0.1, 0.15) is 11.6 Å². The summed E-state index contributed by atoms with van der Waals surface area (Å²) in [6.45, 7) is 0. The lowest BCUT2D eigenvalue weighted by Gasteiger charge is -2.10. The van der Waals surface area contributed by atoms with E-state index in [2.05, 4.69) is 12.4 Å². The third kappa shape index (κ3) is 1.83. The predicted octanol–water partition coefficient (Wildman–Crippen LogP) is 1.19. The number of nitrogens with one attached hydrogen (secondary N) is 1. The third-order valence-corrected chi connectivity index (χ3v) is 1.58. The summed E-state index contributed by atoms with van der Waals surface area (Å²) < 4.78 is 0. The molecule has 0 aliphatic heterocycles. The number of benzene rings is 1. The Morgan fingerprint density at radius 3 is 2.42 bits per heavy atom. The van der Waals surface area contributed by atoms with E-state index in [1.54, 1.807) is 24.3 Å². The van der Waals surface area contributed by atoms with Crippen molar-refractivity contribution in [1.29, 1.82) is 0 Å². The summed E-state index contributed by atoms with van der Waals surface area (Å²) >= 11 is 0. The predicted molar refractivity (Wildman–Crippen MR) is 45.3 cm³/mol. The Labute approximate surface area is 71.0 Å². The van der Waals surface area contributed by atoms with Crippen molar-refractivity contribution in [3.63, 3.8) is 0 Å². The fraction of sp³-hybridized carbons (Fsp3) is 0.111. The molecular formula is C9H10NO2. The van der Waals surface area contributed by atoms with Crippen molar-refractivity contribution in [2.75, 3.05) is 0 Å². The number of carboxylic acid groups (broad SMARTS) is 1. The molecule has 0 heterocycles. The normalized spacial score (nSPS) is 12.4. The third-order valence-electron chi connectivity index (χ3n) is 1.58. The number of carbonyl (C=O) groups is 1. The molecule has 1 radical (unpaired) electrons. The Balaban J connectivity index is 2.88. The van der Waals surface area contributed by atoms with E-state index >= 15 is 0 Å². The van der Waals surface area contributed by atoms with Crippen molar-refractivity contribution in [2.45, 2.75) is 6.04 Å². The van der Waals surface area contributed by atoms with Crippen LogP contribution in [0.5, 0.6) is 0 Å². The van der Waals surface area contributed by atoms with Gasteiger partial charge in [0.2, 0.25) is 0 Å². The van der Waals surface area contributed by atoms with Crippen molar-refractivity contribution in [1.82, 2.24) is 5.32 Å². The number of hydrogen-bond acceptors (Lipinski definition) is 2. The molecule has 3 nitrogen and oxygen atoms in total. The molecule has 0 saturated heterocycles. The highest BCUT2D eigenvalue weighted by atomic mass is 16.4. The smallest absolute Gasteiger partial charge is 0.325 e. The van der Waals surface area contributed by atoms with E-state index in [0.29, 0.717) is 5.56 Å². The summed E-state index contributed by atoms with van der Waals surface area (Å²) in [5, 5.41) is 11.2. The van der Waals surface area contributed by atoms with Crippen molar-refractivity contribution < 1.29 is 9.90 Å². The average molecular weight is 164 g/mol. The zero-order chi connectivity index (χ0) is 8.97. The van der Waals surface area contributed by atoms with Crippen LogP contribution in [0.3, 0.4) is 0 Å². The maximum atomic E-state index is 10.6.